The number of aryl methyl sites for hydroxylation is 1. The van der Waals surface area contributed by atoms with Crippen LogP contribution in [0.1, 0.15) is 26.7 Å². The van der Waals surface area contributed by atoms with Gasteiger partial charge in [-0.05, 0) is 18.4 Å². The van der Waals surface area contributed by atoms with E-state index in [1.807, 2.05) is 42.9 Å². The van der Waals surface area contributed by atoms with Crippen molar-refractivity contribution in [1.29, 1.82) is 5.41 Å². The second-order valence-corrected chi connectivity index (χ2v) is 5.76. The first-order valence-electron chi connectivity index (χ1n) is 6.91. The third-order valence-electron chi connectivity index (χ3n) is 3.66. The number of nitrogens with zero attached hydrogens (tertiary/aromatic N) is 2. The number of nitrogens with two attached hydrogens (primary N) is 1. The Hall–Kier alpha value is -2.10. The van der Waals surface area contributed by atoms with Crippen molar-refractivity contribution < 1.29 is 0 Å². The molecule has 0 radical (unpaired) electrons. The van der Waals surface area contributed by atoms with Crippen molar-refractivity contribution >= 4 is 5.84 Å². The summed E-state index contributed by atoms with van der Waals surface area (Å²) in [5, 5.41) is 11.9. The first-order valence-corrected chi connectivity index (χ1v) is 6.91. The average Bonchev–Trinajstić information content (AvgIpc) is 2.88. The molecule has 0 unspecified atom stereocenters. The van der Waals surface area contributed by atoms with Crippen molar-refractivity contribution in [3.05, 3.63) is 42.7 Å². The van der Waals surface area contributed by atoms with Gasteiger partial charge in [-0.15, -0.1) is 0 Å². The fourth-order valence-corrected chi connectivity index (χ4v) is 2.08. The number of amidine groups is 1. The van der Waals surface area contributed by atoms with E-state index in [9.17, 15) is 0 Å². The number of nitrogens with one attached hydrogen (secondary N) is 1. The molecule has 0 atom stereocenters. The van der Waals surface area contributed by atoms with Crippen molar-refractivity contribution in [2.45, 2.75) is 33.2 Å². The summed E-state index contributed by atoms with van der Waals surface area (Å²) in [5.41, 5.74) is 7.68. The minimum absolute atomic E-state index is 0.227. The molecule has 3 N–H and O–H groups in total. The standard InChI is InChI=1S/C16H22N4/c1-16(2,15(17)18)9-6-10-20-12-14(11-19-20)13-7-4-3-5-8-13/h3-5,7-8,11-12H,6,9-10H2,1-2H3,(H3,17,18). The van der Waals surface area contributed by atoms with Gasteiger partial charge in [0.15, 0.2) is 0 Å². The summed E-state index contributed by atoms with van der Waals surface area (Å²) < 4.78 is 1.96. The quantitative estimate of drug-likeness (QED) is 0.624. The van der Waals surface area contributed by atoms with Crippen LogP contribution in [0.5, 0.6) is 0 Å². The molecule has 0 fully saturated rings. The smallest absolute Gasteiger partial charge is 0.0963 e. The van der Waals surface area contributed by atoms with Gasteiger partial charge in [-0.25, -0.2) is 0 Å². The van der Waals surface area contributed by atoms with Gasteiger partial charge in [-0.3, -0.25) is 10.1 Å². The Bertz CT molecular complexity index is 569. The van der Waals surface area contributed by atoms with Crippen molar-refractivity contribution in [3.63, 3.8) is 0 Å². The van der Waals surface area contributed by atoms with E-state index in [-0.39, 0.29) is 11.3 Å². The highest BCUT2D eigenvalue weighted by Crippen LogP contribution is 2.22. The zero-order valence-corrected chi connectivity index (χ0v) is 12.1. The molecular weight excluding hydrogens is 248 g/mol. The van der Waals surface area contributed by atoms with Crippen LogP contribution in [0, 0.1) is 10.8 Å². The molecule has 0 aliphatic heterocycles. The lowest BCUT2D eigenvalue weighted by atomic mass is 9.87. The first-order chi connectivity index (χ1) is 9.49. The van der Waals surface area contributed by atoms with Crippen LogP contribution in [0.2, 0.25) is 0 Å². The van der Waals surface area contributed by atoms with Crippen molar-refractivity contribution in [1.82, 2.24) is 9.78 Å². The predicted octanol–water partition coefficient (Wildman–Crippen LogP) is 3.29. The summed E-state index contributed by atoms with van der Waals surface area (Å²) in [7, 11) is 0. The van der Waals surface area contributed by atoms with Gasteiger partial charge in [0.1, 0.15) is 0 Å². The molecule has 0 saturated heterocycles. The van der Waals surface area contributed by atoms with E-state index >= 15 is 0 Å². The highest BCUT2D eigenvalue weighted by molar-refractivity contribution is 5.82. The zero-order chi connectivity index (χ0) is 14.6. The summed E-state index contributed by atoms with van der Waals surface area (Å²) in [6.45, 7) is 4.87. The summed E-state index contributed by atoms with van der Waals surface area (Å²) in [5.74, 6) is 0.253. The molecule has 106 valence electrons. The molecule has 0 amide bonds. The largest absolute Gasteiger partial charge is 0.387 e. The predicted molar refractivity (Wildman–Crippen MR) is 82.6 cm³/mol. The van der Waals surface area contributed by atoms with Gasteiger partial charge >= 0.3 is 0 Å². The number of benzene rings is 1. The van der Waals surface area contributed by atoms with Gasteiger partial charge in [0.25, 0.3) is 0 Å². The van der Waals surface area contributed by atoms with Crippen molar-refractivity contribution in [3.8, 4) is 11.1 Å². The van der Waals surface area contributed by atoms with E-state index in [1.54, 1.807) is 0 Å². The summed E-state index contributed by atoms with van der Waals surface area (Å²) in [4.78, 5) is 0. The minimum atomic E-state index is -0.227. The van der Waals surface area contributed by atoms with E-state index in [2.05, 4.69) is 23.4 Å². The summed E-state index contributed by atoms with van der Waals surface area (Å²) in [6, 6.07) is 10.2. The second-order valence-electron chi connectivity index (χ2n) is 5.76. The molecule has 1 heterocycles. The molecule has 2 aromatic rings. The third-order valence-corrected chi connectivity index (χ3v) is 3.66. The van der Waals surface area contributed by atoms with Gasteiger partial charge < -0.3 is 5.73 Å². The minimum Gasteiger partial charge on any atom is -0.387 e. The molecule has 2 rings (SSSR count). The van der Waals surface area contributed by atoms with Crippen LogP contribution in [-0.4, -0.2) is 15.6 Å². The van der Waals surface area contributed by atoms with Crippen LogP contribution in [0.4, 0.5) is 0 Å². The molecule has 0 bridgehead atoms. The summed E-state index contributed by atoms with van der Waals surface area (Å²) in [6.07, 6.45) is 5.81. The molecule has 4 heteroatoms. The number of hydrogen-bond donors (Lipinski definition) is 2. The topological polar surface area (TPSA) is 67.7 Å². The Morgan fingerprint density at radius 2 is 1.95 bits per heavy atom. The van der Waals surface area contributed by atoms with Crippen LogP contribution >= 0.6 is 0 Å². The van der Waals surface area contributed by atoms with E-state index < -0.39 is 0 Å². The van der Waals surface area contributed by atoms with E-state index in [0.717, 1.165) is 24.9 Å². The Morgan fingerprint density at radius 3 is 2.60 bits per heavy atom. The van der Waals surface area contributed by atoms with Crippen molar-refractivity contribution in [2.24, 2.45) is 11.1 Å². The van der Waals surface area contributed by atoms with Crippen LogP contribution in [-0.2, 0) is 6.54 Å². The molecular formula is C16H22N4. The molecule has 0 aliphatic carbocycles. The molecule has 0 spiro atoms. The normalized spacial score (nSPS) is 11.5. The van der Waals surface area contributed by atoms with Gasteiger partial charge in [0, 0.05) is 23.7 Å². The number of aromatic nitrogens is 2. The monoisotopic (exact) mass is 270 g/mol. The Labute approximate surface area is 120 Å². The van der Waals surface area contributed by atoms with Crippen LogP contribution in [0.25, 0.3) is 11.1 Å². The summed E-state index contributed by atoms with van der Waals surface area (Å²) >= 11 is 0. The lowest BCUT2D eigenvalue weighted by Gasteiger charge is -2.22. The molecule has 0 aliphatic rings. The van der Waals surface area contributed by atoms with Crippen LogP contribution in [0.15, 0.2) is 42.7 Å². The molecule has 4 nitrogen and oxygen atoms in total. The SMILES string of the molecule is CC(C)(CCCn1cc(-c2ccccc2)cn1)C(=N)N. The average molecular weight is 270 g/mol. The van der Waals surface area contributed by atoms with Gasteiger partial charge in [0.2, 0.25) is 0 Å². The lowest BCUT2D eigenvalue weighted by Crippen LogP contribution is -2.30. The van der Waals surface area contributed by atoms with Crippen molar-refractivity contribution in [2.75, 3.05) is 0 Å². The highest BCUT2D eigenvalue weighted by atomic mass is 15.3. The van der Waals surface area contributed by atoms with E-state index in [4.69, 9.17) is 11.1 Å². The molecule has 1 aromatic carbocycles. The number of rotatable bonds is 6. The third kappa shape index (κ3) is 3.47. The maximum absolute atomic E-state index is 7.55. The molecule has 1 aromatic heterocycles. The maximum atomic E-state index is 7.55. The lowest BCUT2D eigenvalue weighted by molar-refractivity contribution is 0.419. The fourth-order valence-electron chi connectivity index (χ4n) is 2.08. The maximum Gasteiger partial charge on any atom is 0.0963 e. The Kier molecular flexibility index (Phi) is 4.23. The van der Waals surface area contributed by atoms with Gasteiger partial charge in [-0.2, -0.15) is 5.10 Å². The Morgan fingerprint density at radius 1 is 1.25 bits per heavy atom. The molecule has 20 heavy (non-hydrogen) atoms. The molecule has 0 saturated carbocycles. The fraction of sp³-hybridized carbons (Fsp3) is 0.375. The van der Waals surface area contributed by atoms with E-state index in [0.29, 0.717) is 0 Å². The highest BCUT2D eigenvalue weighted by Gasteiger charge is 2.20. The van der Waals surface area contributed by atoms with Gasteiger partial charge in [0.05, 0.1) is 12.0 Å². The van der Waals surface area contributed by atoms with Crippen LogP contribution in [0.3, 0.4) is 0 Å². The zero-order valence-electron chi connectivity index (χ0n) is 12.1. The Balaban J connectivity index is 1.93. The van der Waals surface area contributed by atoms with Gasteiger partial charge in [-0.1, -0.05) is 44.2 Å². The van der Waals surface area contributed by atoms with E-state index in [1.165, 1.54) is 5.56 Å². The number of hydrogen-bond acceptors (Lipinski definition) is 2. The second kappa shape index (κ2) is 5.90. The first kappa shape index (κ1) is 14.3. The van der Waals surface area contributed by atoms with Crippen LogP contribution < -0.4 is 5.73 Å².